The van der Waals surface area contributed by atoms with Gasteiger partial charge in [-0.25, -0.2) is 8.78 Å². The van der Waals surface area contributed by atoms with E-state index < -0.39 is 29.4 Å². The van der Waals surface area contributed by atoms with Crippen molar-refractivity contribution in [1.82, 2.24) is 15.6 Å². The molecule has 4 atom stereocenters. The summed E-state index contributed by atoms with van der Waals surface area (Å²) in [5.41, 5.74) is 0.769. The Morgan fingerprint density at radius 1 is 1.05 bits per heavy atom. The summed E-state index contributed by atoms with van der Waals surface area (Å²) in [5, 5.41) is 20.7. The zero-order valence-corrected chi connectivity index (χ0v) is 23.9. The third kappa shape index (κ3) is 6.46. The first-order chi connectivity index (χ1) is 20.6. The molecule has 4 aromatic rings. The summed E-state index contributed by atoms with van der Waals surface area (Å²) >= 11 is 0. The van der Waals surface area contributed by atoms with Crippen LogP contribution < -0.4 is 25.4 Å². The molecular formula is C33H34F2N4O4. The number of nitrogens with zero attached hydrogens (tertiary/aromatic N) is 1. The number of piperidine rings is 2. The molecule has 2 fully saturated rings. The van der Waals surface area contributed by atoms with Crippen LogP contribution in [0, 0.1) is 17.6 Å². The number of aromatic nitrogens is 1. The number of halogens is 2. The first-order valence-electron chi connectivity index (χ1n) is 14.4. The fraction of sp³-hybridized carbons (Fsp3) is 0.333. The number of Topliss-reactive ketones (excluding diaryl/α,β-unsaturated/α-hetero) is 1. The Morgan fingerprint density at radius 3 is 2.70 bits per heavy atom. The molecule has 0 spiro atoms. The van der Waals surface area contributed by atoms with Crippen LogP contribution in [-0.2, 0) is 4.79 Å². The van der Waals surface area contributed by atoms with E-state index in [4.69, 9.17) is 9.47 Å². The van der Waals surface area contributed by atoms with Gasteiger partial charge in [-0.05, 0) is 74.8 Å². The van der Waals surface area contributed by atoms with Gasteiger partial charge in [-0.2, -0.15) is 0 Å². The summed E-state index contributed by atoms with van der Waals surface area (Å²) in [6.45, 7) is 4.58. The van der Waals surface area contributed by atoms with Gasteiger partial charge in [-0.3, -0.25) is 15.1 Å². The number of pyridine rings is 1. The highest BCUT2D eigenvalue weighted by molar-refractivity contribution is 5.90. The Kier molecular flexibility index (Phi) is 8.00. The van der Waals surface area contributed by atoms with Gasteiger partial charge in [0.25, 0.3) is 0 Å². The molecule has 0 aliphatic carbocycles. The molecule has 4 N–H and O–H groups in total. The number of carbonyl (C=O) groups is 1. The van der Waals surface area contributed by atoms with Crippen LogP contribution in [0.15, 0.2) is 72.9 Å². The van der Waals surface area contributed by atoms with E-state index in [0.717, 1.165) is 6.42 Å². The van der Waals surface area contributed by atoms with E-state index in [1.54, 1.807) is 68.6 Å². The minimum Gasteiger partial charge on any atom is -0.491 e. The Morgan fingerprint density at radius 2 is 1.91 bits per heavy atom. The van der Waals surface area contributed by atoms with Crippen LogP contribution in [-0.4, -0.2) is 53.4 Å². The molecule has 4 unspecified atom stereocenters. The number of ether oxygens (including phenoxy) is 2. The van der Waals surface area contributed by atoms with Gasteiger partial charge in [0.2, 0.25) is 0 Å². The van der Waals surface area contributed by atoms with Crippen molar-refractivity contribution in [3.63, 3.8) is 0 Å². The summed E-state index contributed by atoms with van der Waals surface area (Å²) in [6.07, 6.45) is 1.92. The van der Waals surface area contributed by atoms with Crippen molar-refractivity contribution in [2.24, 2.45) is 5.92 Å². The number of fused-ring (bicyclic) bond motifs is 2. The van der Waals surface area contributed by atoms with Crippen LogP contribution in [0.1, 0.15) is 31.7 Å². The normalized spacial score (nSPS) is 22.2. The van der Waals surface area contributed by atoms with Crippen molar-refractivity contribution in [1.29, 1.82) is 0 Å². The maximum atomic E-state index is 15.3. The van der Waals surface area contributed by atoms with Crippen molar-refractivity contribution in [2.75, 3.05) is 25.0 Å². The number of rotatable bonds is 8. The number of ketones is 1. The lowest BCUT2D eigenvalue weighted by atomic mass is 9.75. The van der Waals surface area contributed by atoms with Crippen LogP contribution in [0.4, 0.5) is 14.5 Å². The molecule has 3 aromatic carbocycles. The van der Waals surface area contributed by atoms with E-state index in [-0.39, 0.29) is 30.0 Å². The molecule has 0 radical (unpaired) electrons. The highest BCUT2D eigenvalue weighted by atomic mass is 19.1. The van der Waals surface area contributed by atoms with Crippen molar-refractivity contribution in [3.8, 4) is 17.2 Å². The molecule has 3 heterocycles. The van der Waals surface area contributed by atoms with Gasteiger partial charge >= 0.3 is 0 Å². The number of carbonyl (C=O) groups excluding carboxylic acids is 1. The van der Waals surface area contributed by atoms with E-state index in [0.29, 0.717) is 46.7 Å². The zero-order chi connectivity index (χ0) is 30.1. The molecular weight excluding hydrogens is 554 g/mol. The molecule has 1 aromatic heterocycles. The Hall–Kier alpha value is -4.12. The van der Waals surface area contributed by atoms with Gasteiger partial charge in [-0.15, -0.1) is 0 Å². The second kappa shape index (κ2) is 11.9. The first kappa shape index (κ1) is 29.0. The van der Waals surface area contributed by atoms with E-state index >= 15 is 4.39 Å². The quantitative estimate of drug-likeness (QED) is 0.225. The third-order valence-electron chi connectivity index (χ3n) is 7.86. The van der Waals surface area contributed by atoms with Crippen LogP contribution in [0.25, 0.3) is 10.9 Å². The summed E-state index contributed by atoms with van der Waals surface area (Å²) in [7, 11) is 0. The SMILES string of the molecule is CC(C)(O)COc1ccc2c(Oc3ccc(NC4NCCC5NCC(c6cccc(F)c6)C(=O)C54)cc3F)ccnc2c1. The number of nitrogens with one attached hydrogen (secondary N) is 3. The van der Waals surface area contributed by atoms with E-state index in [2.05, 4.69) is 20.9 Å². The molecule has 2 saturated heterocycles. The maximum Gasteiger partial charge on any atom is 0.167 e. The molecule has 43 heavy (non-hydrogen) atoms. The summed E-state index contributed by atoms with van der Waals surface area (Å²) in [4.78, 5) is 18.0. The van der Waals surface area contributed by atoms with E-state index in [9.17, 15) is 14.3 Å². The number of aliphatic hydroxyl groups is 1. The standard InChI is InChI=1S/C33H34F2N4O4/c1-33(2,41)18-42-22-7-8-23-27(16-22)36-13-11-28(23)43-29-9-6-21(15-25(29)35)39-32-30-26(10-12-37-32)38-17-24(31(30)40)19-4-3-5-20(34)14-19/h3-9,11,13-16,24,26,30,32,37-39,41H,10,12,17-18H2,1-2H3. The van der Waals surface area contributed by atoms with E-state index in [1.165, 1.54) is 18.2 Å². The highest BCUT2D eigenvalue weighted by Crippen LogP contribution is 2.35. The monoisotopic (exact) mass is 588 g/mol. The fourth-order valence-corrected chi connectivity index (χ4v) is 5.78. The number of benzene rings is 3. The van der Waals surface area contributed by atoms with Crippen molar-refractivity contribution < 1.29 is 28.2 Å². The minimum atomic E-state index is -0.977. The molecule has 2 aliphatic heterocycles. The van der Waals surface area contributed by atoms with Gasteiger partial charge in [0, 0.05) is 42.0 Å². The largest absolute Gasteiger partial charge is 0.491 e. The predicted molar refractivity (Wildman–Crippen MR) is 159 cm³/mol. The molecule has 0 bridgehead atoms. The van der Waals surface area contributed by atoms with Crippen LogP contribution in [0.2, 0.25) is 0 Å². The molecule has 0 amide bonds. The lowest BCUT2D eigenvalue weighted by Gasteiger charge is -2.44. The van der Waals surface area contributed by atoms with Gasteiger partial charge in [0.15, 0.2) is 11.6 Å². The smallest absolute Gasteiger partial charge is 0.167 e. The molecule has 10 heteroatoms. The summed E-state index contributed by atoms with van der Waals surface area (Å²) in [5.74, 6) is -0.788. The van der Waals surface area contributed by atoms with Crippen LogP contribution in [0.3, 0.4) is 0 Å². The average Bonchev–Trinajstić information content (AvgIpc) is 2.97. The summed E-state index contributed by atoms with van der Waals surface area (Å²) < 4.78 is 40.9. The zero-order valence-electron chi connectivity index (χ0n) is 23.9. The Labute approximate surface area is 248 Å². The maximum absolute atomic E-state index is 15.3. The van der Waals surface area contributed by atoms with Crippen molar-refractivity contribution >= 4 is 22.4 Å². The van der Waals surface area contributed by atoms with Gasteiger partial charge in [0.05, 0.1) is 29.1 Å². The Bertz CT molecular complexity index is 1640. The molecule has 2 aliphatic rings. The second-order valence-electron chi connectivity index (χ2n) is 11.8. The number of anilines is 1. The van der Waals surface area contributed by atoms with Crippen LogP contribution >= 0.6 is 0 Å². The minimum absolute atomic E-state index is 0.0256. The highest BCUT2D eigenvalue weighted by Gasteiger charge is 2.44. The van der Waals surface area contributed by atoms with Gasteiger partial charge in [-0.1, -0.05) is 12.1 Å². The number of hydrogen-bond acceptors (Lipinski definition) is 8. The van der Waals surface area contributed by atoms with E-state index in [1.807, 2.05) is 0 Å². The number of hydrogen-bond donors (Lipinski definition) is 4. The lowest BCUT2D eigenvalue weighted by molar-refractivity contribution is -0.128. The fourth-order valence-electron chi connectivity index (χ4n) is 5.78. The molecule has 8 nitrogen and oxygen atoms in total. The third-order valence-corrected chi connectivity index (χ3v) is 7.86. The predicted octanol–water partition coefficient (Wildman–Crippen LogP) is 5.13. The van der Waals surface area contributed by atoms with Crippen molar-refractivity contribution in [3.05, 3.63) is 90.1 Å². The van der Waals surface area contributed by atoms with Crippen molar-refractivity contribution in [2.45, 2.75) is 44.0 Å². The average molecular weight is 589 g/mol. The second-order valence-corrected chi connectivity index (χ2v) is 11.8. The van der Waals surface area contributed by atoms with Gasteiger partial charge < -0.3 is 25.2 Å². The van der Waals surface area contributed by atoms with Gasteiger partial charge in [0.1, 0.15) is 29.7 Å². The molecule has 0 saturated carbocycles. The molecule has 6 rings (SSSR count). The van der Waals surface area contributed by atoms with Crippen LogP contribution in [0.5, 0.6) is 17.2 Å². The summed E-state index contributed by atoms with van der Waals surface area (Å²) in [6, 6.07) is 17.7. The first-order valence-corrected chi connectivity index (χ1v) is 14.4. The lowest BCUT2D eigenvalue weighted by Crippen LogP contribution is -2.63. The topological polar surface area (TPSA) is 105 Å². The molecule has 224 valence electrons. The Balaban J connectivity index is 1.17.